The fourth-order valence-electron chi connectivity index (χ4n) is 3.58. The van der Waals surface area contributed by atoms with E-state index in [0.717, 1.165) is 25.6 Å². The Hall–Kier alpha value is -0.860. The van der Waals surface area contributed by atoms with Gasteiger partial charge in [-0.15, -0.1) is 0 Å². The van der Waals surface area contributed by atoms with Crippen LogP contribution in [0.1, 0.15) is 36.5 Å². The molecule has 2 aliphatic rings. The van der Waals surface area contributed by atoms with E-state index in [1.165, 1.54) is 36.1 Å². The van der Waals surface area contributed by atoms with E-state index in [1.807, 2.05) is 0 Å². The quantitative estimate of drug-likeness (QED) is 0.897. The lowest BCUT2D eigenvalue weighted by Gasteiger charge is -2.46. The van der Waals surface area contributed by atoms with Crippen LogP contribution in [0, 0.1) is 19.8 Å². The number of nitrogens with zero attached hydrogens (tertiary/aromatic N) is 1. The highest BCUT2D eigenvalue weighted by molar-refractivity contribution is 5.33. The molecule has 1 saturated heterocycles. The third kappa shape index (κ3) is 2.44. The van der Waals surface area contributed by atoms with Gasteiger partial charge >= 0.3 is 0 Å². The van der Waals surface area contributed by atoms with E-state index in [1.54, 1.807) is 0 Å². The van der Waals surface area contributed by atoms with Gasteiger partial charge in [0.15, 0.2) is 0 Å². The topological polar surface area (TPSA) is 15.3 Å². The number of nitrogens with one attached hydrogen (secondary N) is 1. The summed E-state index contributed by atoms with van der Waals surface area (Å²) >= 11 is 0. The highest BCUT2D eigenvalue weighted by atomic mass is 15.3. The molecular weight excluding hydrogens is 232 g/mol. The number of hydrogen-bond acceptors (Lipinski definition) is 2. The van der Waals surface area contributed by atoms with Crippen molar-refractivity contribution in [2.24, 2.45) is 5.92 Å². The Labute approximate surface area is 117 Å². The first kappa shape index (κ1) is 13.1. The van der Waals surface area contributed by atoms with Crippen LogP contribution < -0.4 is 5.32 Å². The predicted octanol–water partition coefficient (Wildman–Crippen LogP) is 2.88. The minimum absolute atomic E-state index is 0.368. The van der Waals surface area contributed by atoms with Gasteiger partial charge in [0.1, 0.15) is 0 Å². The third-order valence-electron chi connectivity index (χ3n) is 5.21. The summed E-state index contributed by atoms with van der Waals surface area (Å²) in [7, 11) is 0. The Morgan fingerprint density at radius 2 is 1.95 bits per heavy atom. The molecule has 1 unspecified atom stereocenters. The van der Waals surface area contributed by atoms with Crippen LogP contribution in [0.3, 0.4) is 0 Å². The Bertz CT molecular complexity index is 444. The van der Waals surface area contributed by atoms with Gasteiger partial charge in [0.2, 0.25) is 0 Å². The zero-order valence-corrected chi connectivity index (χ0v) is 12.5. The lowest BCUT2D eigenvalue weighted by molar-refractivity contribution is 0.0481. The van der Waals surface area contributed by atoms with Crippen molar-refractivity contribution in [3.63, 3.8) is 0 Å². The Morgan fingerprint density at radius 3 is 2.58 bits per heavy atom. The van der Waals surface area contributed by atoms with E-state index < -0.39 is 0 Å². The molecule has 2 heteroatoms. The van der Waals surface area contributed by atoms with E-state index in [2.05, 4.69) is 49.2 Å². The monoisotopic (exact) mass is 258 g/mol. The van der Waals surface area contributed by atoms with Crippen LogP contribution in [0.5, 0.6) is 0 Å². The molecule has 104 valence electrons. The van der Waals surface area contributed by atoms with Crippen molar-refractivity contribution in [2.45, 2.75) is 45.7 Å². The molecule has 1 aromatic carbocycles. The van der Waals surface area contributed by atoms with E-state index in [4.69, 9.17) is 0 Å². The average Bonchev–Trinajstić information content (AvgIpc) is 3.20. The molecule has 0 spiro atoms. The third-order valence-corrected chi connectivity index (χ3v) is 5.21. The smallest absolute Gasteiger partial charge is 0.0337 e. The molecule has 3 rings (SSSR count). The zero-order valence-electron chi connectivity index (χ0n) is 12.5. The Morgan fingerprint density at radius 1 is 1.26 bits per heavy atom. The normalized spacial score (nSPS) is 28.6. The standard InChI is InChI=1S/C17H26N2/c1-13-5-4-6-14(2)16(13)11-19-10-9-18-12-17(19,3)15-7-8-15/h4-6,15,18H,7-12H2,1-3H3. The second kappa shape index (κ2) is 4.92. The average molecular weight is 258 g/mol. The molecule has 1 aromatic rings. The van der Waals surface area contributed by atoms with Gasteiger partial charge in [0.25, 0.3) is 0 Å². The van der Waals surface area contributed by atoms with Gasteiger partial charge in [-0.3, -0.25) is 4.90 Å². The van der Waals surface area contributed by atoms with Crippen LogP contribution in [-0.2, 0) is 6.54 Å². The summed E-state index contributed by atoms with van der Waals surface area (Å²) in [6.07, 6.45) is 2.84. The van der Waals surface area contributed by atoms with Crippen molar-refractivity contribution >= 4 is 0 Å². The number of rotatable bonds is 3. The molecule has 2 nitrogen and oxygen atoms in total. The van der Waals surface area contributed by atoms with Crippen molar-refractivity contribution in [1.29, 1.82) is 0 Å². The second-order valence-electron chi connectivity index (χ2n) is 6.60. The summed E-state index contributed by atoms with van der Waals surface area (Å²) < 4.78 is 0. The van der Waals surface area contributed by atoms with Crippen LogP contribution in [0.2, 0.25) is 0 Å². The van der Waals surface area contributed by atoms with Gasteiger partial charge in [0.05, 0.1) is 0 Å². The van der Waals surface area contributed by atoms with Crippen LogP contribution in [-0.4, -0.2) is 30.1 Å². The Balaban J connectivity index is 1.84. The molecule has 1 atom stereocenters. The fourth-order valence-corrected chi connectivity index (χ4v) is 3.58. The van der Waals surface area contributed by atoms with E-state index in [-0.39, 0.29) is 0 Å². The van der Waals surface area contributed by atoms with Crippen LogP contribution in [0.4, 0.5) is 0 Å². The van der Waals surface area contributed by atoms with Gasteiger partial charge in [-0.1, -0.05) is 18.2 Å². The predicted molar refractivity (Wildman–Crippen MR) is 80.3 cm³/mol. The van der Waals surface area contributed by atoms with Crippen molar-refractivity contribution in [3.05, 3.63) is 34.9 Å². The minimum Gasteiger partial charge on any atom is -0.314 e. The number of benzene rings is 1. The first-order valence-electron chi connectivity index (χ1n) is 7.62. The van der Waals surface area contributed by atoms with E-state index in [9.17, 15) is 0 Å². The highest BCUT2D eigenvalue weighted by Crippen LogP contribution is 2.44. The largest absolute Gasteiger partial charge is 0.314 e. The Kier molecular flexibility index (Phi) is 3.40. The van der Waals surface area contributed by atoms with E-state index in [0.29, 0.717) is 5.54 Å². The van der Waals surface area contributed by atoms with Gasteiger partial charge in [-0.05, 0) is 56.2 Å². The summed E-state index contributed by atoms with van der Waals surface area (Å²) in [6, 6.07) is 6.67. The number of hydrogen-bond donors (Lipinski definition) is 1. The summed E-state index contributed by atoms with van der Waals surface area (Å²) in [4.78, 5) is 2.73. The maximum absolute atomic E-state index is 3.60. The van der Waals surface area contributed by atoms with Crippen molar-refractivity contribution in [2.75, 3.05) is 19.6 Å². The zero-order chi connectivity index (χ0) is 13.5. The molecule has 0 bridgehead atoms. The van der Waals surface area contributed by atoms with Gasteiger partial charge < -0.3 is 5.32 Å². The van der Waals surface area contributed by atoms with Gasteiger partial charge in [0, 0.05) is 31.7 Å². The first-order valence-corrected chi connectivity index (χ1v) is 7.62. The van der Waals surface area contributed by atoms with E-state index >= 15 is 0 Å². The maximum Gasteiger partial charge on any atom is 0.0337 e. The molecule has 0 amide bonds. The van der Waals surface area contributed by atoms with Crippen molar-refractivity contribution in [1.82, 2.24) is 10.2 Å². The SMILES string of the molecule is Cc1cccc(C)c1CN1CCNCC1(C)C1CC1. The highest BCUT2D eigenvalue weighted by Gasteiger charge is 2.46. The van der Waals surface area contributed by atoms with Crippen molar-refractivity contribution < 1.29 is 0 Å². The summed E-state index contributed by atoms with van der Waals surface area (Å²) in [5.74, 6) is 0.907. The second-order valence-corrected chi connectivity index (χ2v) is 6.60. The molecule has 0 radical (unpaired) electrons. The van der Waals surface area contributed by atoms with Crippen LogP contribution >= 0.6 is 0 Å². The molecule has 1 aliphatic carbocycles. The number of aryl methyl sites for hydroxylation is 2. The van der Waals surface area contributed by atoms with Gasteiger partial charge in [-0.2, -0.15) is 0 Å². The summed E-state index contributed by atoms with van der Waals surface area (Å²) in [5.41, 5.74) is 4.79. The first-order chi connectivity index (χ1) is 9.11. The molecule has 1 saturated carbocycles. The van der Waals surface area contributed by atoms with Crippen LogP contribution in [0.15, 0.2) is 18.2 Å². The molecule has 19 heavy (non-hydrogen) atoms. The molecule has 2 fully saturated rings. The molecule has 0 aromatic heterocycles. The summed E-state index contributed by atoms with van der Waals surface area (Å²) in [5, 5.41) is 3.60. The fraction of sp³-hybridized carbons (Fsp3) is 0.647. The van der Waals surface area contributed by atoms with Crippen molar-refractivity contribution in [3.8, 4) is 0 Å². The summed E-state index contributed by atoms with van der Waals surface area (Å²) in [6.45, 7) is 11.5. The van der Waals surface area contributed by atoms with Gasteiger partial charge in [-0.25, -0.2) is 0 Å². The number of piperazine rings is 1. The minimum atomic E-state index is 0.368. The maximum atomic E-state index is 3.60. The molecule has 1 aliphatic heterocycles. The van der Waals surface area contributed by atoms with Crippen LogP contribution in [0.25, 0.3) is 0 Å². The lowest BCUT2D eigenvalue weighted by Crippen LogP contribution is -2.60. The lowest BCUT2D eigenvalue weighted by atomic mass is 9.89. The molecular formula is C17H26N2. The molecule has 1 N–H and O–H groups in total. The molecule has 1 heterocycles.